The van der Waals surface area contributed by atoms with Crippen LogP contribution in [0.5, 0.6) is 0 Å². The van der Waals surface area contributed by atoms with Crippen molar-refractivity contribution in [2.45, 2.75) is 25.7 Å². The van der Waals surface area contributed by atoms with Gasteiger partial charge in [0.25, 0.3) is 0 Å². The van der Waals surface area contributed by atoms with Gasteiger partial charge in [-0.1, -0.05) is 42.5 Å². The third-order valence-corrected chi connectivity index (χ3v) is 5.38. The second-order valence-electron chi connectivity index (χ2n) is 7.08. The van der Waals surface area contributed by atoms with Gasteiger partial charge in [0.05, 0.1) is 24.8 Å². The van der Waals surface area contributed by atoms with Crippen LogP contribution >= 0.6 is 0 Å². The van der Waals surface area contributed by atoms with Crippen LogP contribution in [0.3, 0.4) is 0 Å². The molecule has 0 bridgehead atoms. The van der Waals surface area contributed by atoms with Crippen LogP contribution < -0.4 is 0 Å². The highest BCUT2D eigenvalue weighted by Gasteiger charge is 2.30. The molecule has 0 aliphatic carbocycles. The molecular formula is C22H24N2O2. The molecule has 0 amide bonds. The molecule has 26 heavy (non-hydrogen) atoms. The number of nitrogens with zero attached hydrogens (tertiary/aromatic N) is 2. The maximum Gasteiger partial charge on any atom is 0.160 e. The number of hydrogen-bond acceptors (Lipinski definition) is 4. The molecule has 0 radical (unpaired) electrons. The zero-order chi connectivity index (χ0) is 17.8. The smallest absolute Gasteiger partial charge is 0.160 e. The highest BCUT2D eigenvalue weighted by Crippen LogP contribution is 2.27. The lowest BCUT2D eigenvalue weighted by atomic mass is 9.95. The largest absolute Gasteiger partial charge is 0.350 e. The zero-order valence-corrected chi connectivity index (χ0v) is 14.9. The van der Waals surface area contributed by atoms with Gasteiger partial charge < -0.3 is 9.47 Å². The van der Waals surface area contributed by atoms with Gasteiger partial charge in [0.2, 0.25) is 0 Å². The number of benzene rings is 2. The highest BCUT2D eigenvalue weighted by molar-refractivity contribution is 5.70. The SMILES string of the molecule is N#Cc1ccccc1-c1ccc(CN2CCC(C3OCCO3)CC2)cc1. The van der Waals surface area contributed by atoms with Gasteiger partial charge in [0.15, 0.2) is 6.29 Å². The van der Waals surface area contributed by atoms with Crippen LogP contribution in [0.25, 0.3) is 11.1 Å². The molecule has 2 aliphatic rings. The zero-order valence-electron chi connectivity index (χ0n) is 14.9. The van der Waals surface area contributed by atoms with Crippen molar-refractivity contribution in [3.05, 3.63) is 59.7 Å². The number of ether oxygens (including phenoxy) is 2. The van der Waals surface area contributed by atoms with Crippen LogP contribution in [0.1, 0.15) is 24.0 Å². The van der Waals surface area contributed by atoms with Gasteiger partial charge in [-0.15, -0.1) is 0 Å². The Bertz CT molecular complexity index is 767. The molecular weight excluding hydrogens is 324 g/mol. The Kier molecular flexibility index (Phi) is 5.31. The molecule has 4 heteroatoms. The molecule has 0 saturated carbocycles. The van der Waals surface area contributed by atoms with Gasteiger partial charge in [-0.25, -0.2) is 0 Å². The molecule has 0 atom stereocenters. The summed E-state index contributed by atoms with van der Waals surface area (Å²) in [7, 11) is 0. The highest BCUT2D eigenvalue weighted by atomic mass is 16.7. The second kappa shape index (κ2) is 8.01. The second-order valence-corrected chi connectivity index (χ2v) is 7.08. The average molecular weight is 348 g/mol. The standard InChI is InChI=1S/C22H24N2O2/c23-15-20-3-1-2-4-21(20)18-7-5-17(6-8-18)16-24-11-9-19(10-12-24)22-25-13-14-26-22/h1-8,19,22H,9-14,16H2. The molecule has 0 spiro atoms. The Morgan fingerprint density at radius 1 is 0.962 bits per heavy atom. The number of hydrogen-bond donors (Lipinski definition) is 0. The summed E-state index contributed by atoms with van der Waals surface area (Å²) in [6.07, 6.45) is 2.30. The van der Waals surface area contributed by atoms with Gasteiger partial charge in [-0.2, -0.15) is 5.26 Å². The van der Waals surface area contributed by atoms with Crippen molar-refractivity contribution in [2.75, 3.05) is 26.3 Å². The van der Waals surface area contributed by atoms with Crippen LogP contribution in [-0.4, -0.2) is 37.5 Å². The van der Waals surface area contributed by atoms with Gasteiger partial charge in [0.1, 0.15) is 0 Å². The van der Waals surface area contributed by atoms with E-state index < -0.39 is 0 Å². The Morgan fingerprint density at radius 3 is 2.35 bits per heavy atom. The predicted octanol–water partition coefficient (Wildman–Crippen LogP) is 3.81. The molecule has 4 nitrogen and oxygen atoms in total. The molecule has 2 saturated heterocycles. The minimum absolute atomic E-state index is 0.0247. The molecule has 2 heterocycles. The van der Waals surface area contributed by atoms with Gasteiger partial charge in [-0.3, -0.25) is 4.90 Å². The monoisotopic (exact) mass is 348 g/mol. The summed E-state index contributed by atoms with van der Waals surface area (Å²) in [4.78, 5) is 2.50. The number of nitriles is 1. The number of piperidine rings is 1. The maximum atomic E-state index is 9.28. The molecule has 2 aromatic rings. The lowest BCUT2D eigenvalue weighted by Crippen LogP contribution is -2.37. The van der Waals surface area contributed by atoms with Gasteiger partial charge >= 0.3 is 0 Å². The summed E-state index contributed by atoms with van der Waals surface area (Å²) in [5.41, 5.74) is 4.13. The molecule has 0 aromatic heterocycles. The number of likely N-dealkylation sites (tertiary alicyclic amines) is 1. The summed E-state index contributed by atoms with van der Waals surface area (Å²) in [6, 6.07) is 18.6. The fourth-order valence-electron chi connectivity index (χ4n) is 3.91. The quantitative estimate of drug-likeness (QED) is 0.843. The van der Waals surface area contributed by atoms with Crippen molar-refractivity contribution in [3.63, 3.8) is 0 Å². The van der Waals surface area contributed by atoms with Gasteiger partial charge in [0, 0.05) is 12.5 Å². The van der Waals surface area contributed by atoms with E-state index in [1.54, 1.807) is 0 Å². The molecule has 2 fully saturated rings. The molecule has 134 valence electrons. The van der Waals surface area contributed by atoms with Gasteiger partial charge in [-0.05, 0) is 48.7 Å². The molecule has 0 N–H and O–H groups in total. The summed E-state index contributed by atoms with van der Waals surface area (Å²) >= 11 is 0. The van der Waals surface area contributed by atoms with E-state index in [-0.39, 0.29) is 6.29 Å². The summed E-state index contributed by atoms with van der Waals surface area (Å²) in [5.74, 6) is 0.540. The Labute approximate surface area is 155 Å². The Balaban J connectivity index is 1.36. The maximum absolute atomic E-state index is 9.28. The van der Waals surface area contributed by atoms with Crippen molar-refractivity contribution in [1.82, 2.24) is 4.90 Å². The molecule has 2 aromatic carbocycles. The third kappa shape index (κ3) is 3.81. The van der Waals surface area contributed by atoms with E-state index in [9.17, 15) is 5.26 Å². The van der Waals surface area contributed by atoms with E-state index in [1.165, 1.54) is 5.56 Å². The van der Waals surface area contributed by atoms with Crippen molar-refractivity contribution in [2.24, 2.45) is 5.92 Å². The molecule has 4 rings (SSSR count). The van der Waals surface area contributed by atoms with E-state index in [0.717, 1.165) is 62.4 Å². The van der Waals surface area contributed by atoms with Crippen molar-refractivity contribution in [1.29, 1.82) is 5.26 Å². The summed E-state index contributed by atoms with van der Waals surface area (Å²) in [5, 5.41) is 9.28. The topological polar surface area (TPSA) is 45.5 Å². The van der Waals surface area contributed by atoms with E-state index >= 15 is 0 Å². The fraction of sp³-hybridized carbons (Fsp3) is 0.409. The van der Waals surface area contributed by atoms with Crippen LogP contribution in [-0.2, 0) is 16.0 Å². The molecule has 0 unspecified atom stereocenters. The lowest BCUT2D eigenvalue weighted by Gasteiger charge is -2.33. The molecule has 2 aliphatic heterocycles. The van der Waals surface area contributed by atoms with Crippen molar-refractivity contribution in [3.8, 4) is 17.2 Å². The Hall–Kier alpha value is -2.19. The normalized spacial score (nSPS) is 19.5. The summed E-state index contributed by atoms with van der Waals surface area (Å²) < 4.78 is 11.3. The van der Waals surface area contributed by atoms with Crippen LogP contribution in [0.15, 0.2) is 48.5 Å². The first-order chi connectivity index (χ1) is 12.8. The van der Waals surface area contributed by atoms with Crippen LogP contribution in [0.4, 0.5) is 0 Å². The van der Waals surface area contributed by atoms with Crippen LogP contribution in [0.2, 0.25) is 0 Å². The average Bonchev–Trinajstić information content (AvgIpc) is 3.24. The lowest BCUT2D eigenvalue weighted by molar-refractivity contribution is -0.0977. The predicted molar refractivity (Wildman–Crippen MR) is 100 cm³/mol. The van der Waals surface area contributed by atoms with Crippen LogP contribution in [0, 0.1) is 17.2 Å². The third-order valence-electron chi connectivity index (χ3n) is 5.38. The van der Waals surface area contributed by atoms with E-state index in [2.05, 4.69) is 35.2 Å². The fourth-order valence-corrected chi connectivity index (χ4v) is 3.91. The first-order valence-corrected chi connectivity index (χ1v) is 9.37. The minimum atomic E-state index is 0.0247. The first-order valence-electron chi connectivity index (χ1n) is 9.37. The summed E-state index contributed by atoms with van der Waals surface area (Å²) in [6.45, 7) is 4.64. The Morgan fingerprint density at radius 2 is 1.65 bits per heavy atom. The van der Waals surface area contributed by atoms with E-state index in [4.69, 9.17) is 9.47 Å². The van der Waals surface area contributed by atoms with Crippen molar-refractivity contribution < 1.29 is 9.47 Å². The van der Waals surface area contributed by atoms with Crippen molar-refractivity contribution >= 4 is 0 Å². The first kappa shape index (κ1) is 17.2. The van der Waals surface area contributed by atoms with E-state index in [1.807, 2.05) is 24.3 Å². The number of rotatable bonds is 4. The van der Waals surface area contributed by atoms with E-state index in [0.29, 0.717) is 5.92 Å². The minimum Gasteiger partial charge on any atom is -0.350 e.